The highest BCUT2D eigenvalue weighted by molar-refractivity contribution is 7.17. The van der Waals surface area contributed by atoms with E-state index in [1.165, 1.54) is 51.4 Å². The predicted molar refractivity (Wildman–Crippen MR) is 126 cm³/mol. The maximum atomic E-state index is 12.3. The van der Waals surface area contributed by atoms with Gasteiger partial charge in [0.05, 0.1) is 5.92 Å². The van der Waals surface area contributed by atoms with Crippen LogP contribution in [-0.2, 0) is 9.53 Å². The first-order valence-corrected chi connectivity index (χ1v) is 13.7. The highest BCUT2D eigenvalue weighted by Crippen LogP contribution is 2.74. The Labute approximate surface area is 186 Å². The molecule has 0 spiro atoms. The van der Waals surface area contributed by atoms with Gasteiger partial charge < -0.3 is 4.74 Å². The second-order valence-electron chi connectivity index (χ2n) is 11.9. The number of fused-ring (bicyclic) bond motifs is 8. The molecule has 13 unspecified atom stereocenters. The van der Waals surface area contributed by atoms with Gasteiger partial charge in [-0.3, -0.25) is 4.79 Å². The Balaban J connectivity index is 1.09. The molecule has 0 aliphatic heterocycles. The Hall–Kier alpha value is -0.360. The lowest BCUT2D eigenvalue weighted by Gasteiger charge is -2.65. The van der Waals surface area contributed by atoms with Crippen molar-refractivity contribution in [3.8, 4) is 0 Å². The number of carbonyl (C=O) groups is 1. The summed E-state index contributed by atoms with van der Waals surface area (Å²) < 4.78 is 5.99. The van der Waals surface area contributed by atoms with Crippen LogP contribution < -0.4 is 0 Å². The van der Waals surface area contributed by atoms with E-state index in [-0.39, 0.29) is 18.0 Å². The van der Waals surface area contributed by atoms with E-state index >= 15 is 0 Å². The Bertz CT molecular complexity index is 688. The highest BCUT2D eigenvalue weighted by atomic mass is 31.0. The van der Waals surface area contributed by atoms with E-state index in [4.69, 9.17) is 4.74 Å². The van der Waals surface area contributed by atoms with Crippen molar-refractivity contribution < 1.29 is 9.53 Å². The lowest BCUT2D eigenvalue weighted by Crippen LogP contribution is -2.64. The Kier molecular flexibility index (Phi) is 5.88. The summed E-state index contributed by atoms with van der Waals surface area (Å²) in [5.74, 6) is 7.67. The van der Waals surface area contributed by atoms with Crippen LogP contribution in [0.4, 0.5) is 0 Å². The third-order valence-corrected chi connectivity index (χ3v) is 11.4. The summed E-state index contributed by atoms with van der Waals surface area (Å²) in [6.45, 7) is 11.5. The first kappa shape index (κ1) is 21.5. The van der Waals surface area contributed by atoms with Gasteiger partial charge >= 0.3 is 5.97 Å². The molecule has 0 heterocycles. The molecule has 0 aromatic rings. The number of ether oxygens (including phenoxy) is 1. The largest absolute Gasteiger partial charge is 0.462 e. The van der Waals surface area contributed by atoms with Gasteiger partial charge in [0.1, 0.15) is 6.10 Å². The predicted octanol–water partition coefficient (Wildman–Crippen LogP) is 6.50. The summed E-state index contributed by atoms with van der Waals surface area (Å²) in [6, 6.07) is 0. The molecule has 5 aliphatic rings. The SMILES string of the molecule is C=C(CCCCC(C)C(P)CC)C1CC2CC1C1C2C2CC(OC(=O)C3CC3C)C21. The van der Waals surface area contributed by atoms with Crippen molar-refractivity contribution >= 4 is 15.2 Å². The van der Waals surface area contributed by atoms with E-state index in [9.17, 15) is 4.79 Å². The molecular formula is C27H43O2P. The van der Waals surface area contributed by atoms with Crippen LogP contribution in [-0.4, -0.2) is 17.7 Å². The number of esters is 1. The molecule has 13 atom stereocenters. The maximum absolute atomic E-state index is 12.3. The normalized spacial score (nSPS) is 46.8. The van der Waals surface area contributed by atoms with Gasteiger partial charge in [0.25, 0.3) is 0 Å². The van der Waals surface area contributed by atoms with E-state index in [0.717, 1.165) is 53.5 Å². The fourth-order valence-corrected chi connectivity index (χ4v) is 8.39. The molecule has 5 rings (SSSR count). The van der Waals surface area contributed by atoms with Crippen molar-refractivity contribution in [3.63, 3.8) is 0 Å². The zero-order valence-electron chi connectivity index (χ0n) is 19.4. The standard InChI is InChI=1S/C27H43O2P/c1-5-23(30)15(3)9-7-6-8-14(2)18-11-17-12-20(18)26-24(17)21-13-22(25(21)26)29-27(28)19-10-16(19)4/h15-26H,2,5-13,30H2,1,3-4H3. The first-order chi connectivity index (χ1) is 14.4. The van der Waals surface area contributed by atoms with Crippen LogP contribution in [0.3, 0.4) is 0 Å². The van der Waals surface area contributed by atoms with Gasteiger partial charge in [-0.15, -0.1) is 9.24 Å². The zero-order chi connectivity index (χ0) is 21.2. The van der Waals surface area contributed by atoms with Crippen LogP contribution in [0.25, 0.3) is 0 Å². The topological polar surface area (TPSA) is 26.3 Å². The van der Waals surface area contributed by atoms with E-state index in [1.807, 2.05) is 0 Å². The number of hydrogen-bond donors (Lipinski definition) is 0. The minimum absolute atomic E-state index is 0.114. The average molecular weight is 431 g/mol. The monoisotopic (exact) mass is 430 g/mol. The molecule has 2 nitrogen and oxygen atoms in total. The summed E-state index contributed by atoms with van der Waals surface area (Å²) in [7, 11) is 3.03. The molecule has 2 bridgehead atoms. The third kappa shape index (κ3) is 3.52. The van der Waals surface area contributed by atoms with E-state index < -0.39 is 0 Å². The summed E-state index contributed by atoms with van der Waals surface area (Å²) in [4.78, 5) is 12.3. The first-order valence-electron chi connectivity index (χ1n) is 13.0. The Morgan fingerprint density at radius 1 is 1.07 bits per heavy atom. The van der Waals surface area contributed by atoms with Crippen molar-refractivity contribution in [1.82, 2.24) is 0 Å². The number of allylic oxidation sites excluding steroid dienone is 1. The van der Waals surface area contributed by atoms with E-state index in [1.54, 1.807) is 5.57 Å². The van der Waals surface area contributed by atoms with Crippen molar-refractivity contribution in [3.05, 3.63) is 12.2 Å². The van der Waals surface area contributed by atoms with E-state index in [0.29, 0.717) is 11.8 Å². The summed E-state index contributed by atoms with van der Waals surface area (Å²) in [5.41, 5.74) is 2.32. The minimum Gasteiger partial charge on any atom is -0.462 e. The lowest BCUT2D eigenvalue weighted by molar-refractivity contribution is -0.228. The van der Waals surface area contributed by atoms with E-state index in [2.05, 4.69) is 36.6 Å². The van der Waals surface area contributed by atoms with Gasteiger partial charge in [0.2, 0.25) is 0 Å². The number of unbranched alkanes of at least 4 members (excludes halogenated alkanes) is 1. The number of rotatable bonds is 10. The summed E-state index contributed by atoms with van der Waals surface area (Å²) in [6.07, 6.45) is 11.8. The van der Waals surface area contributed by atoms with Crippen molar-refractivity contribution in [2.75, 3.05) is 0 Å². The van der Waals surface area contributed by atoms with Crippen molar-refractivity contribution in [2.45, 2.75) is 90.3 Å². The molecule has 3 heteroatoms. The second kappa shape index (κ2) is 8.20. The molecule has 0 aromatic carbocycles. The van der Waals surface area contributed by atoms with Crippen molar-refractivity contribution in [2.24, 2.45) is 59.2 Å². The van der Waals surface area contributed by atoms with Crippen molar-refractivity contribution in [1.29, 1.82) is 0 Å². The molecule has 5 aliphatic carbocycles. The number of hydrogen-bond acceptors (Lipinski definition) is 2. The molecule has 0 saturated heterocycles. The fraction of sp³-hybridized carbons (Fsp3) is 0.889. The zero-order valence-corrected chi connectivity index (χ0v) is 20.5. The smallest absolute Gasteiger partial charge is 0.309 e. The van der Waals surface area contributed by atoms with Crippen LogP contribution in [0.5, 0.6) is 0 Å². The molecule has 0 amide bonds. The van der Waals surface area contributed by atoms with Gasteiger partial charge in [0, 0.05) is 5.92 Å². The third-order valence-electron chi connectivity index (χ3n) is 10.3. The van der Waals surface area contributed by atoms with Gasteiger partial charge in [-0.25, -0.2) is 0 Å². The second-order valence-corrected chi connectivity index (χ2v) is 12.7. The summed E-state index contributed by atoms with van der Waals surface area (Å²) >= 11 is 0. The molecule has 0 N–H and O–H groups in total. The van der Waals surface area contributed by atoms with Crippen LogP contribution in [0, 0.1) is 59.2 Å². The van der Waals surface area contributed by atoms with Gasteiger partial charge in [-0.1, -0.05) is 45.8 Å². The maximum Gasteiger partial charge on any atom is 0.309 e. The van der Waals surface area contributed by atoms with Crippen LogP contribution in [0.1, 0.15) is 78.6 Å². The highest BCUT2D eigenvalue weighted by Gasteiger charge is 2.71. The molecule has 0 aromatic heterocycles. The summed E-state index contributed by atoms with van der Waals surface area (Å²) in [5, 5.41) is 0. The number of carbonyl (C=O) groups excluding carboxylic acids is 1. The van der Waals surface area contributed by atoms with Gasteiger partial charge in [0.15, 0.2) is 0 Å². The van der Waals surface area contributed by atoms with Crippen LogP contribution in [0.15, 0.2) is 12.2 Å². The Morgan fingerprint density at radius 3 is 2.53 bits per heavy atom. The molecule has 5 saturated carbocycles. The minimum atomic E-state index is 0.114. The van der Waals surface area contributed by atoms with Gasteiger partial charge in [-0.05, 0) is 97.9 Å². The average Bonchev–Trinajstić information content (AvgIpc) is 3.18. The molecule has 5 fully saturated rings. The fourth-order valence-electron chi connectivity index (χ4n) is 8.19. The molecule has 168 valence electrons. The Morgan fingerprint density at radius 2 is 1.83 bits per heavy atom. The molecule has 30 heavy (non-hydrogen) atoms. The molecular weight excluding hydrogens is 387 g/mol. The van der Waals surface area contributed by atoms with Crippen LogP contribution >= 0.6 is 9.24 Å². The van der Waals surface area contributed by atoms with Gasteiger partial charge in [-0.2, -0.15) is 0 Å². The lowest BCUT2D eigenvalue weighted by atomic mass is 9.41. The molecule has 0 radical (unpaired) electrons. The van der Waals surface area contributed by atoms with Crippen LogP contribution in [0.2, 0.25) is 0 Å². The quantitative estimate of drug-likeness (QED) is 0.171.